The third-order valence-electron chi connectivity index (χ3n) is 4.58. The van der Waals surface area contributed by atoms with Crippen molar-refractivity contribution < 1.29 is 14.3 Å². The molecule has 0 atom stereocenters. The van der Waals surface area contributed by atoms with Gasteiger partial charge in [-0.2, -0.15) is 0 Å². The number of amides is 2. The maximum atomic E-state index is 12.4. The van der Waals surface area contributed by atoms with E-state index >= 15 is 0 Å². The minimum absolute atomic E-state index is 0.140. The molecular weight excluding hydrogens is 426 g/mol. The second kappa shape index (κ2) is 11.3. The zero-order valence-electron chi connectivity index (χ0n) is 18.4. The molecule has 0 unspecified atom stereocenters. The highest BCUT2D eigenvalue weighted by molar-refractivity contribution is 7.99. The van der Waals surface area contributed by atoms with Gasteiger partial charge in [0.2, 0.25) is 5.91 Å². The zero-order chi connectivity index (χ0) is 22.9. The second-order valence-electron chi connectivity index (χ2n) is 6.99. The number of carbonyl (C=O) groups excluding carboxylic acids is 2. The van der Waals surface area contributed by atoms with Crippen molar-refractivity contribution in [1.82, 2.24) is 20.1 Å². The van der Waals surface area contributed by atoms with E-state index in [1.165, 1.54) is 11.8 Å². The van der Waals surface area contributed by atoms with E-state index in [1.807, 2.05) is 55.7 Å². The number of nitrogens with one attached hydrogen (secondary N) is 2. The smallest absolute Gasteiger partial charge is 0.251 e. The van der Waals surface area contributed by atoms with Crippen LogP contribution in [-0.4, -0.2) is 38.9 Å². The van der Waals surface area contributed by atoms with Gasteiger partial charge in [-0.3, -0.25) is 9.59 Å². The zero-order valence-corrected chi connectivity index (χ0v) is 19.2. The Hall–Kier alpha value is -3.33. The summed E-state index contributed by atoms with van der Waals surface area (Å²) >= 11 is 1.30. The van der Waals surface area contributed by atoms with Gasteiger partial charge < -0.3 is 19.9 Å². The minimum atomic E-state index is -0.164. The third-order valence-corrected chi connectivity index (χ3v) is 5.55. The van der Waals surface area contributed by atoms with E-state index < -0.39 is 0 Å². The first kappa shape index (κ1) is 23.3. The van der Waals surface area contributed by atoms with Gasteiger partial charge in [0.05, 0.1) is 18.9 Å². The summed E-state index contributed by atoms with van der Waals surface area (Å²) in [5.74, 6) is 1.30. The highest BCUT2D eigenvalue weighted by Crippen LogP contribution is 2.19. The van der Waals surface area contributed by atoms with Crippen molar-refractivity contribution in [2.45, 2.75) is 39.0 Å². The average Bonchev–Trinajstić information content (AvgIpc) is 3.19. The minimum Gasteiger partial charge on any atom is -0.494 e. The Bertz CT molecular complexity index is 1070. The second-order valence-corrected chi connectivity index (χ2v) is 7.93. The van der Waals surface area contributed by atoms with E-state index in [-0.39, 0.29) is 24.1 Å². The molecule has 2 N–H and O–H groups in total. The largest absolute Gasteiger partial charge is 0.494 e. The van der Waals surface area contributed by atoms with Crippen LogP contribution >= 0.6 is 11.8 Å². The quantitative estimate of drug-likeness (QED) is 0.455. The molecule has 0 spiro atoms. The van der Waals surface area contributed by atoms with Crippen molar-refractivity contribution in [2.24, 2.45) is 0 Å². The molecule has 0 saturated heterocycles. The Labute approximate surface area is 191 Å². The number of hydrogen-bond donors (Lipinski definition) is 2. The molecule has 0 aliphatic heterocycles. The highest BCUT2D eigenvalue weighted by atomic mass is 32.2. The molecule has 0 aliphatic rings. The van der Waals surface area contributed by atoms with Gasteiger partial charge in [-0.15, -0.1) is 10.2 Å². The lowest BCUT2D eigenvalue weighted by atomic mass is 10.1. The summed E-state index contributed by atoms with van der Waals surface area (Å²) < 4.78 is 7.30. The Morgan fingerprint density at radius 3 is 2.56 bits per heavy atom. The molecule has 0 aliphatic carbocycles. The van der Waals surface area contributed by atoms with Crippen molar-refractivity contribution in [3.8, 4) is 5.75 Å². The number of aryl methyl sites for hydroxylation is 1. The standard InChI is InChI=1S/C23H27N5O3S/c1-4-28-20(14-24-22(30)17-8-6-7-16(3)13-17)26-27-23(28)32-15-21(29)25-18-9-11-19(12-10-18)31-5-2/h6-13H,4-5,14-15H2,1-3H3,(H,24,30)(H,25,29). The van der Waals surface area contributed by atoms with Gasteiger partial charge in [-0.05, 0) is 57.2 Å². The van der Waals surface area contributed by atoms with E-state index in [1.54, 1.807) is 18.2 Å². The maximum absolute atomic E-state index is 12.4. The summed E-state index contributed by atoms with van der Waals surface area (Å²) in [6.45, 7) is 7.32. The molecular formula is C23H27N5O3S. The van der Waals surface area contributed by atoms with Crippen molar-refractivity contribution in [3.05, 3.63) is 65.5 Å². The molecule has 168 valence electrons. The Kier molecular flexibility index (Phi) is 8.27. The summed E-state index contributed by atoms with van der Waals surface area (Å²) in [6.07, 6.45) is 0. The number of aromatic nitrogens is 3. The Morgan fingerprint density at radius 2 is 1.88 bits per heavy atom. The van der Waals surface area contributed by atoms with Crippen LogP contribution in [0.2, 0.25) is 0 Å². The fourth-order valence-corrected chi connectivity index (χ4v) is 3.87. The number of nitrogens with zero attached hydrogens (tertiary/aromatic N) is 3. The van der Waals surface area contributed by atoms with Gasteiger partial charge in [0.1, 0.15) is 5.75 Å². The lowest BCUT2D eigenvalue weighted by molar-refractivity contribution is -0.113. The van der Waals surface area contributed by atoms with E-state index in [9.17, 15) is 9.59 Å². The van der Waals surface area contributed by atoms with Crippen LogP contribution in [0.25, 0.3) is 0 Å². The summed E-state index contributed by atoms with van der Waals surface area (Å²) in [7, 11) is 0. The van der Waals surface area contributed by atoms with Crippen LogP contribution in [0.5, 0.6) is 5.75 Å². The van der Waals surface area contributed by atoms with Crippen LogP contribution in [0.4, 0.5) is 5.69 Å². The van der Waals surface area contributed by atoms with Gasteiger partial charge in [0, 0.05) is 17.8 Å². The number of anilines is 1. The van der Waals surface area contributed by atoms with E-state index in [0.29, 0.717) is 35.4 Å². The third kappa shape index (κ3) is 6.34. The van der Waals surface area contributed by atoms with Crippen LogP contribution in [0.3, 0.4) is 0 Å². The lowest BCUT2D eigenvalue weighted by Crippen LogP contribution is -2.25. The molecule has 32 heavy (non-hydrogen) atoms. The number of thioether (sulfide) groups is 1. The topological polar surface area (TPSA) is 98.1 Å². The van der Waals surface area contributed by atoms with E-state index in [2.05, 4.69) is 20.8 Å². The highest BCUT2D eigenvalue weighted by Gasteiger charge is 2.15. The fourth-order valence-electron chi connectivity index (χ4n) is 3.05. The number of ether oxygens (including phenoxy) is 1. The fraction of sp³-hybridized carbons (Fsp3) is 0.304. The van der Waals surface area contributed by atoms with Crippen molar-refractivity contribution >= 4 is 29.3 Å². The summed E-state index contributed by atoms with van der Waals surface area (Å²) in [6, 6.07) is 14.6. The Morgan fingerprint density at radius 1 is 1.09 bits per heavy atom. The normalized spacial score (nSPS) is 10.6. The predicted molar refractivity (Wildman–Crippen MR) is 125 cm³/mol. The average molecular weight is 454 g/mol. The number of benzene rings is 2. The SMILES string of the molecule is CCOc1ccc(NC(=O)CSc2nnc(CNC(=O)c3cccc(C)c3)n2CC)cc1. The van der Waals surface area contributed by atoms with Crippen LogP contribution in [0, 0.1) is 6.92 Å². The van der Waals surface area contributed by atoms with Crippen LogP contribution < -0.4 is 15.4 Å². The molecule has 0 saturated carbocycles. The maximum Gasteiger partial charge on any atom is 0.251 e. The molecule has 8 nitrogen and oxygen atoms in total. The van der Waals surface area contributed by atoms with Gasteiger partial charge in [-0.25, -0.2) is 0 Å². The van der Waals surface area contributed by atoms with Gasteiger partial charge >= 0.3 is 0 Å². The number of carbonyl (C=O) groups is 2. The first-order chi connectivity index (χ1) is 15.5. The molecule has 9 heteroatoms. The molecule has 0 bridgehead atoms. The first-order valence-corrected chi connectivity index (χ1v) is 11.4. The van der Waals surface area contributed by atoms with Crippen molar-refractivity contribution in [1.29, 1.82) is 0 Å². The van der Waals surface area contributed by atoms with Gasteiger partial charge in [0.15, 0.2) is 11.0 Å². The van der Waals surface area contributed by atoms with Gasteiger partial charge in [0.25, 0.3) is 5.91 Å². The van der Waals surface area contributed by atoms with E-state index in [0.717, 1.165) is 11.3 Å². The van der Waals surface area contributed by atoms with Gasteiger partial charge in [-0.1, -0.05) is 29.5 Å². The number of rotatable bonds is 10. The molecule has 0 fully saturated rings. The summed E-state index contributed by atoms with van der Waals surface area (Å²) in [5.41, 5.74) is 2.33. The first-order valence-electron chi connectivity index (χ1n) is 10.4. The van der Waals surface area contributed by atoms with Crippen LogP contribution in [-0.2, 0) is 17.9 Å². The van der Waals surface area contributed by atoms with Crippen molar-refractivity contribution in [3.63, 3.8) is 0 Å². The Balaban J connectivity index is 1.53. The molecule has 0 radical (unpaired) electrons. The molecule has 1 aromatic heterocycles. The molecule has 3 rings (SSSR count). The molecule has 2 amide bonds. The van der Waals surface area contributed by atoms with Crippen LogP contribution in [0.1, 0.15) is 35.6 Å². The van der Waals surface area contributed by atoms with Crippen LogP contribution in [0.15, 0.2) is 53.7 Å². The summed E-state index contributed by atoms with van der Waals surface area (Å²) in [4.78, 5) is 24.7. The number of hydrogen-bond acceptors (Lipinski definition) is 6. The molecule has 1 heterocycles. The monoisotopic (exact) mass is 453 g/mol. The molecule has 3 aromatic rings. The van der Waals surface area contributed by atoms with E-state index in [4.69, 9.17) is 4.74 Å². The lowest BCUT2D eigenvalue weighted by Gasteiger charge is -2.09. The predicted octanol–water partition coefficient (Wildman–Crippen LogP) is 3.67. The summed E-state index contributed by atoms with van der Waals surface area (Å²) in [5, 5.41) is 14.8. The molecule has 2 aromatic carbocycles. The van der Waals surface area contributed by atoms with Crippen molar-refractivity contribution in [2.75, 3.05) is 17.7 Å².